The monoisotopic (exact) mass is 476 g/mol. The Labute approximate surface area is 217 Å². The van der Waals surface area contributed by atoms with Gasteiger partial charge in [0.05, 0.1) is 0 Å². The maximum atomic E-state index is 2.36. The van der Waals surface area contributed by atoms with Gasteiger partial charge in [-0.2, -0.15) is 0 Å². The molecule has 0 radical (unpaired) electrons. The van der Waals surface area contributed by atoms with Crippen molar-refractivity contribution in [2.75, 3.05) is 4.90 Å². The molecule has 2 nitrogen and oxygen atoms in total. The molecule has 0 aliphatic heterocycles. The van der Waals surface area contributed by atoms with Gasteiger partial charge in [0, 0.05) is 45.9 Å². The summed E-state index contributed by atoms with van der Waals surface area (Å²) in [4.78, 5) is 2.36. The van der Waals surface area contributed by atoms with Crippen LogP contribution in [0.5, 0.6) is 0 Å². The van der Waals surface area contributed by atoms with Crippen LogP contribution < -0.4 is 4.90 Å². The Bertz CT molecular complexity index is 1820. The van der Waals surface area contributed by atoms with Gasteiger partial charge in [-0.3, -0.25) is 0 Å². The lowest BCUT2D eigenvalue weighted by Crippen LogP contribution is -2.09. The van der Waals surface area contributed by atoms with E-state index in [1.54, 1.807) is 0 Å². The topological polar surface area (TPSA) is 8.17 Å². The second-order valence-electron chi connectivity index (χ2n) is 9.83. The Balaban J connectivity index is 1.40. The Kier molecular flexibility index (Phi) is 5.18. The smallest absolute Gasteiger partial charge is 0.0495 e. The van der Waals surface area contributed by atoms with Crippen molar-refractivity contribution in [2.24, 2.45) is 7.05 Å². The van der Waals surface area contributed by atoms with Crippen molar-refractivity contribution in [3.63, 3.8) is 0 Å². The summed E-state index contributed by atoms with van der Waals surface area (Å²) in [5.74, 6) is 0. The first-order valence-electron chi connectivity index (χ1n) is 13.0. The van der Waals surface area contributed by atoms with Crippen LogP contribution in [-0.4, -0.2) is 4.57 Å². The van der Waals surface area contributed by atoms with Crippen LogP contribution in [0.15, 0.2) is 127 Å². The average Bonchev–Trinajstić information content (AvgIpc) is 3.23. The first kappa shape index (κ1) is 21.7. The van der Waals surface area contributed by atoms with E-state index in [1.807, 2.05) is 0 Å². The first-order chi connectivity index (χ1) is 18.3. The molecule has 6 aromatic rings. The number of para-hydroxylation sites is 1. The molecule has 0 bridgehead atoms. The van der Waals surface area contributed by atoms with E-state index in [4.69, 9.17) is 0 Å². The molecule has 0 fully saturated rings. The second-order valence-corrected chi connectivity index (χ2v) is 9.83. The molecule has 0 atom stereocenters. The lowest BCUT2D eigenvalue weighted by atomic mass is 9.99. The van der Waals surface area contributed by atoms with Crippen molar-refractivity contribution >= 4 is 55.2 Å². The summed E-state index contributed by atoms with van der Waals surface area (Å²) >= 11 is 0. The van der Waals surface area contributed by atoms with Gasteiger partial charge in [0.2, 0.25) is 0 Å². The molecular weight excluding hydrogens is 448 g/mol. The van der Waals surface area contributed by atoms with E-state index in [0.29, 0.717) is 0 Å². The van der Waals surface area contributed by atoms with Crippen LogP contribution in [0, 0.1) is 0 Å². The highest BCUT2D eigenvalue weighted by molar-refractivity contribution is 6.13. The third kappa shape index (κ3) is 3.73. The van der Waals surface area contributed by atoms with Crippen molar-refractivity contribution in [3.05, 3.63) is 133 Å². The Morgan fingerprint density at radius 1 is 0.595 bits per heavy atom. The number of benzene rings is 5. The van der Waals surface area contributed by atoms with Crippen LogP contribution in [0.4, 0.5) is 17.1 Å². The fourth-order valence-electron chi connectivity index (χ4n) is 5.68. The van der Waals surface area contributed by atoms with Crippen LogP contribution in [-0.2, 0) is 7.05 Å². The summed E-state index contributed by atoms with van der Waals surface area (Å²) in [6.07, 6.45) is 9.09. The van der Waals surface area contributed by atoms with Crippen LogP contribution >= 0.6 is 0 Å². The SMILES string of the molecule is Cn1c2ccc(N(c3ccccc3)c3ccc(C4=CCCC=C4)cc3)cc2c2cc3ccccc3cc21. The van der Waals surface area contributed by atoms with E-state index < -0.39 is 0 Å². The van der Waals surface area contributed by atoms with E-state index in [-0.39, 0.29) is 0 Å². The molecule has 37 heavy (non-hydrogen) atoms. The van der Waals surface area contributed by atoms with Gasteiger partial charge in [0.1, 0.15) is 0 Å². The Morgan fingerprint density at radius 3 is 2.03 bits per heavy atom. The normalized spacial score (nSPS) is 13.4. The Hall–Kier alpha value is -4.56. The quantitative estimate of drug-likeness (QED) is 0.246. The third-order valence-corrected chi connectivity index (χ3v) is 7.58. The molecule has 0 N–H and O–H groups in total. The van der Waals surface area contributed by atoms with Gasteiger partial charge in [0.15, 0.2) is 0 Å². The van der Waals surface area contributed by atoms with Gasteiger partial charge in [-0.05, 0) is 89.3 Å². The molecule has 1 aliphatic carbocycles. The zero-order valence-electron chi connectivity index (χ0n) is 20.9. The number of fused-ring (bicyclic) bond motifs is 4. The van der Waals surface area contributed by atoms with Gasteiger partial charge >= 0.3 is 0 Å². The van der Waals surface area contributed by atoms with Crippen molar-refractivity contribution in [2.45, 2.75) is 12.8 Å². The molecule has 1 heterocycles. The molecule has 7 rings (SSSR count). The highest BCUT2D eigenvalue weighted by atomic mass is 15.1. The van der Waals surface area contributed by atoms with E-state index in [0.717, 1.165) is 29.9 Å². The van der Waals surface area contributed by atoms with Crippen LogP contribution in [0.2, 0.25) is 0 Å². The minimum absolute atomic E-state index is 1.12. The summed E-state index contributed by atoms with van der Waals surface area (Å²) < 4.78 is 2.31. The number of anilines is 3. The molecule has 0 saturated carbocycles. The lowest BCUT2D eigenvalue weighted by molar-refractivity contribution is 1.01. The van der Waals surface area contributed by atoms with E-state index in [2.05, 4.69) is 144 Å². The molecule has 5 aromatic carbocycles. The lowest BCUT2D eigenvalue weighted by Gasteiger charge is -2.26. The molecule has 2 heteroatoms. The molecular formula is C35H28N2. The van der Waals surface area contributed by atoms with Crippen molar-refractivity contribution < 1.29 is 0 Å². The average molecular weight is 477 g/mol. The number of nitrogens with zero attached hydrogens (tertiary/aromatic N) is 2. The summed E-state index contributed by atoms with van der Waals surface area (Å²) in [5, 5.41) is 5.11. The Morgan fingerprint density at radius 2 is 1.27 bits per heavy atom. The molecule has 0 amide bonds. The fraction of sp³-hybridized carbons (Fsp3) is 0.0857. The molecule has 0 spiro atoms. The highest BCUT2D eigenvalue weighted by Crippen LogP contribution is 2.39. The van der Waals surface area contributed by atoms with E-state index in [9.17, 15) is 0 Å². The molecule has 178 valence electrons. The minimum Gasteiger partial charge on any atom is -0.344 e. The number of rotatable bonds is 4. The first-order valence-corrected chi connectivity index (χ1v) is 13.0. The van der Waals surface area contributed by atoms with Crippen molar-refractivity contribution in [3.8, 4) is 0 Å². The minimum atomic E-state index is 1.12. The molecule has 0 unspecified atom stereocenters. The zero-order valence-corrected chi connectivity index (χ0v) is 20.9. The zero-order chi connectivity index (χ0) is 24.8. The predicted octanol–water partition coefficient (Wildman–Crippen LogP) is 9.69. The largest absolute Gasteiger partial charge is 0.344 e. The number of hydrogen-bond donors (Lipinski definition) is 0. The molecule has 1 aliphatic rings. The maximum absolute atomic E-state index is 2.36. The van der Waals surface area contributed by atoms with Crippen molar-refractivity contribution in [1.29, 1.82) is 0 Å². The van der Waals surface area contributed by atoms with Gasteiger partial charge in [-0.15, -0.1) is 0 Å². The highest BCUT2D eigenvalue weighted by Gasteiger charge is 2.16. The van der Waals surface area contributed by atoms with E-state index >= 15 is 0 Å². The van der Waals surface area contributed by atoms with Gasteiger partial charge < -0.3 is 9.47 Å². The second kappa shape index (κ2) is 8.83. The standard InChI is InChI=1S/C35H28N2/c1-36-34-21-20-31(24-33(34)32-22-27-12-8-9-13-28(27)23-35(32)36)37(29-14-6-3-7-15-29)30-18-16-26(17-19-30)25-10-4-2-5-11-25/h3-4,6-24H,2,5H2,1H3. The molecule has 1 aromatic heterocycles. The summed E-state index contributed by atoms with van der Waals surface area (Å²) in [7, 11) is 2.17. The maximum Gasteiger partial charge on any atom is 0.0495 e. The number of aryl methyl sites for hydroxylation is 1. The van der Waals surface area contributed by atoms with Crippen LogP contribution in [0.1, 0.15) is 18.4 Å². The third-order valence-electron chi connectivity index (χ3n) is 7.58. The van der Waals surface area contributed by atoms with E-state index in [1.165, 1.54) is 43.7 Å². The van der Waals surface area contributed by atoms with Crippen LogP contribution in [0.3, 0.4) is 0 Å². The van der Waals surface area contributed by atoms with Gasteiger partial charge in [0.25, 0.3) is 0 Å². The fourth-order valence-corrected chi connectivity index (χ4v) is 5.68. The van der Waals surface area contributed by atoms with Gasteiger partial charge in [-0.25, -0.2) is 0 Å². The van der Waals surface area contributed by atoms with Crippen LogP contribution in [0.25, 0.3) is 38.2 Å². The van der Waals surface area contributed by atoms with Crippen molar-refractivity contribution in [1.82, 2.24) is 4.57 Å². The van der Waals surface area contributed by atoms with Gasteiger partial charge in [-0.1, -0.05) is 72.8 Å². The number of aromatic nitrogens is 1. The summed E-state index contributed by atoms with van der Waals surface area (Å²) in [6, 6.07) is 39.8. The number of hydrogen-bond acceptors (Lipinski definition) is 1. The summed E-state index contributed by atoms with van der Waals surface area (Å²) in [5.41, 5.74) is 8.54. The predicted molar refractivity (Wildman–Crippen MR) is 159 cm³/mol. The molecule has 0 saturated heterocycles. The number of allylic oxidation sites excluding steroid dienone is 4. The summed E-state index contributed by atoms with van der Waals surface area (Å²) in [6.45, 7) is 0.